The maximum atomic E-state index is 11.7. The van der Waals surface area contributed by atoms with Crippen molar-refractivity contribution < 1.29 is 14.3 Å². The van der Waals surface area contributed by atoms with Gasteiger partial charge in [-0.15, -0.1) is 0 Å². The van der Waals surface area contributed by atoms with Crippen molar-refractivity contribution in [3.8, 4) is 0 Å². The van der Waals surface area contributed by atoms with Gasteiger partial charge in [-0.2, -0.15) is 0 Å². The van der Waals surface area contributed by atoms with E-state index in [1.165, 1.54) is 0 Å². The second-order valence-electron chi connectivity index (χ2n) is 9.31. The molecule has 6 heteroatoms. The van der Waals surface area contributed by atoms with E-state index in [-0.39, 0.29) is 16.6 Å². The first-order valence-electron chi connectivity index (χ1n) is 8.62. The fraction of sp³-hybridized carbons (Fsp3) is 0.941. The monoisotopic (exact) mass is 344 g/mol. The summed E-state index contributed by atoms with van der Waals surface area (Å²) in [6.45, 7) is 19.5. The van der Waals surface area contributed by atoms with Crippen molar-refractivity contribution >= 4 is 14.4 Å². The van der Waals surface area contributed by atoms with Gasteiger partial charge in [0.25, 0.3) is 0 Å². The lowest BCUT2D eigenvalue weighted by molar-refractivity contribution is 0.0462. The molecule has 0 aromatic carbocycles. The summed E-state index contributed by atoms with van der Waals surface area (Å²) in [4.78, 5) is 13.3. The van der Waals surface area contributed by atoms with Gasteiger partial charge in [0, 0.05) is 31.3 Å². The predicted octanol–water partition coefficient (Wildman–Crippen LogP) is 3.76. The number of rotatable bonds is 4. The van der Waals surface area contributed by atoms with E-state index in [0.29, 0.717) is 5.92 Å². The topological polar surface area (TPSA) is 61.8 Å². The maximum Gasteiger partial charge on any atom is 0.408 e. The molecule has 1 amide bonds. The number of hydrogen-bond donors (Lipinski definition) is 2. The maximum absolute atomic E-state index is 11.7. The zero-order chi connectivity index (χ0) is 18.1. The van der Waals surface area contributed by atoms with Crippen LogP contribution in [0.4, 0.5) is 4.79 Å². The highest BCUT2D eigenvalue weighted by molar-refractivity contribution is 6.74. The zero-order valence-corrected chi connectivity index (χ0v) is 17.2. The van der Waals surface area contributed by atoms with Crippen molar-refractivity contribution in [1.82, 2.24) is 10.2 Å². The molecule has 0 bridgehead atoms. The molecule has 0 spiro atoms. The second kappa shape index (κ2) is 7.11. The second-order valence-corrected chi connectivity index (χ2v) is 14.1. The Balaban J connectivity index is 2.70. The molecule has 2 N–H and O–H groups in total. The van der Waals surface area contributed by atoms with Crippen molar-refractivity contribution in [2.45, 2.75) is 77.7 Å². The van der Waals surface area contributed by atoms with Crippen LogP contribution >= 0.6 is 0 Å². The van der Waals surface area contributed by atoms with Gasteiger partial charge in [-0.25, -0.2) is 4.79 Å². The molecular formula is C17H36N2O3Si. The normalized spacial score (nSPS) is 23.7. The Labute approximate surface area is 142 Å². The van der Waals surface area contributed by atoms with Crippen LogP contribution in [-0.2, 0) is 4.43 Å². The number of amides is 1. The first-order chi connectivity index (χ1) is 10.3. The van der Waals surface area contributed by atoms with E-state index < -0.39 is 14.4 Å². The minimum absolute atomic E-state index is 0.00858. The Morgan fingerprint density at radius 3 is 2.22 bits per heavy atom. The Kier molecular flexibility index (Phi) is 6.32. The average molecular weight is 345 g/mol. The number of piperidine rings is 1. The quantitative estimate of drug-likeness (QED) is 0.762. The van der Waals surface area contributed by atoms with Crippen LogP contribution in [0.15, 0.2) is 0 Å². The Morgan fingerprint density at radius 1 is 1.22 bits per heavy atom. The summed E-state index contributed by atoms with van der Waals surface area (Å²) in [5.41, 5.74) is -0.389. The van der Waals surface area contributed by atoms with Crippen molar-refractivity contribution in [1.29, 1.82) is 0 Å². The van der Waals surface area contributed by atoms with Gasteiger partial charge in [-0.05, 0) is 51.2 Å². The standard InChI is InChI=1S/C17H36N2O3Si/c1-16(2,3)19(15(20)21)14-9-13(10-18-11-14)12-22-23(7,8)17(4,5)6/h13-14,18H,9-12H2,1-8H3,(H,20,21)/t13-,14+/m0/s1. The molecule has 1 heterocycles. The summed E-state index contributed by atoms with van der Waals surface area (Å²) in [5.74, 6) is 0.368. The highest BCUT2D eigenvalue weighted by atomic mass is 28.4. The number of nitrogens with zero attached hydrogens (tertiary/aromatic N) is 1. The Bertz CT molecular complexity index is 413. The molecule has 1 aliphatic heterocycles. The first-order valence-corrected chi connectivity index (χ1v) is 11.5. The SMILES string of the molecule is CC(C)(C)N(C(=O)O)[C@H]1CNC[C@@H](CO[Si](C)(C)C(C)(C)C)C1. The molecule has 0 aromatic heterocycles. The summed E-state index contributed by atoms with van der Waals surface area (Å²) in [5, 5.41) is 13.2. The minimum atomic E-state index is -1.75. The molecule has 1 saturated heterocycles. The Hall–Kier alpha value is -0.593. The van der Waals surface area contributed by atoms with E-state index in [1.807, 2.05) is 20.8 Å². The summed E-state index contributed by atoms with van der Waals surface area (Å²) < 4.78 is 6.34. The number of carbonyl (C=O) groups is 1. The molecule has 0 saturated carbocycles. The Morgan fingerprint density at radius 2 is 1.78 bits per heavy atom. The van der Waals surface area contributed by atoms with E-state index >= 15 is 0 Å². The van der Waals surface area contributed by atoms with Crippen LogP contribution in [0.1, 0.15) is 48.0 Å². The van der Waals surface area contributed by atoms with E-state index in [1.54, 1.807) is 4.90 Å². The van der Waals surface area contributed by atoms with Crippen molar-refractivity contribution in [3.05, 3.63) is 0 Å². The molecule has 23 heavy (non-hydrogen) atoms. The smallest absolute Gasteiger partial charge is 0.408 e. The van der Waals surface area contributed by atoms with Gasteiger partial charge in [-0.3, -0.25) is 4.90 Å². The summed E-state index contributed by atoms with van der Waals surface area (Å²) in [7, 11) is -1.75. The molecule has 5 nitrogen and oxygen atoms in total. The van der Waals surface area contributed by atoms with Crippen LogP contribution in [0.2, 0.25) is 18.1 Å². The lowest BCUT2D eigenvalue weighted by Gasteiger charge is -2.44. The molecule has 0 radical (unpaired) electrons. The molecule has 0 aliphatic carbocycles. The van der Waals surface area contributed by atoms with Crippen molar-refractivity contribution in [2.75, 3.05) is 19.7 Å². The molecule has 0 aromatic rings. The highest BCUT2D eigenvalue weighted by Gasteiger charge is 2.39. The highest BCUT2D eigenvalue weighted by Crippen LogP contribution is 2.37. The van der Waals surface area contributed by atoms with Crippen LogP contribution in [-0.4, -0.2) is 55.7 Å². The fourth-order valence-electron chi connectivity index (χ4n) is 2.86. The van der Waals surface area contributed by atoms with Gasteiger partial charge in [0.1, 0.15) is 0 Å². The van der Waals surface area contributed by atoms with Crippen LogP contribution in [0.5, 0.6) is 0 Å². The molecular weight excluding hydrogens is 308 g/mol. The van der Waals surface area contributed by atoms with E-state index in [2.05, 4.69) is 39.2 Å². The largest absolute Gasteiger partial charge is 0.465 e. The van der Waals surface area contributed by atoms with Gasteiger partial charge in [0.05, 0.1) is 0 Å². The zero-order valence-electron chi connectivity index (χ0n) is 16.2. The van der Waals surface area contributed by atoms with Gasteiger partial charge >= 0.3 is 6.09 Å². The van der Waals surface area contributed by atoms with Crippen LogP contribution < -0.4 is 5.32 Å². The predicted molar refractivity (Wildman–Crippen MR) is 97.5 cm³/mol. The molecule has 1 rings (SSSR count). The van der Waals surface area contributed by atoms with Crippen LogP contribution in [0.3, 0.4) is 0 Å². The number of carboxylic acid groups (broad SMARTS) is 1. The average Bonchev–Trinajstić information content (AvgIpc) is 2.33. The van der Waals surface area contributed by atoms with E-state index in [9.17, 15) is 9.90 Å². The van der Waals surface area contributed by atoms with E-state index in [4.69, 9.17) is 4.43 Å². The molecule has 136 valence electrons. The first kappa shape index (κ1) is 20.5. The summed E-state index contributed by atoms with van der Waals surface area (Å²) >= 11 is 0. The third kappa shape index (κ3) is 5.47. The van der Waals surface area contributed by atoms with Crippen molar-refractivity contribution in [3.63, 3.8) is 0 Å². The lowest BCUT2D eigenvalue weighted by Crippen LogP contribution is -2.58. The third-order valence-corrected chi connectivity index (χ3v) is 9.70. The fourth-order valence-corrected chi connectivity index (χ4v) is 3.95. The lowest BCUT2D eigenvalue weighted by atomic mass is 9.92. The number of nitrogens with one attached hydrogen (secondary N) is 1. The summed E-state index contributed by atoms with van der Waals surface area (Å²) in [6, 6.07) is 0.00858. The summed E-state index contributed by atoms with van der Waals surface area (Å²) in [6.07, 6.45) is 0.0285. The third-order valence-electron chi connectivity index (χ3n) is 5.20. The van der Waals surface area contributed by atoms with Crippen LogP contribution in [0.25, 0.3) is 0 Å². The van der Waals surface area contributed by atoms with Crippen molar-refractivity contribution in [2.24, 2.45) is 5.92 Å². The number of hydrogen-bond acceptors (Lipinski definition) is 3. The van der Waals surface area contributed by atoms with Crippen LogP contribution in [0, 0.1) is 5.92 Å². The molecule has 2 atom stereocenters. The van der Waals surface area contributed by atoms with Gasteiger partial charge < -0.3 is 14.8 Å². The molecule has 0 unspecified atom stereocenters. The van der Waals surface area contributed by atoms with Gasteiger partial charge in [0.15, 0.2) is 8.32 Å². The molecule has 1 fully saturated rings. The van der Waals surface area contributed by atoms with Gasteiger partial charge in [-0.1, -0.05) is 20.8 Å². The minimum Gasteiger partial charge on any atom is -0.465 e. The van der Waals surface area contributed by atoms with Gasteiger partial charge in [0.2, 0.25) is 0 Å². The molecule has 1 aliphatic rings. The van der Waals surface area contributed by atoms with E-state index in [0.717, 1.165) is 26.1 Å².